The Morgan fingerprint density at radius 3 is 2.38 bits per heavy atom. The third-order valence-corrected chi connectivity index (χ3v) is 3.01. The number of ketones is 1. The lowest BCUT2D eigenvalue weighted by molar-refractivity contribution is 0.104. The van der Waals surface area contributed by atoms with Crippen LogP contribution in [0.15, 0.2) is 36.4 Å². The summed E-state index contributed by atoms with van der Waals surface area (Å²) in [7, 11) is 0. The standard InChI is InChI=1S/C14H9FO/c1-8-6-12-11(7-13(8)15)9-4-2-3-5-10(9)14(12)16/h2-7H,1H3. The Bertz CT molecular complexity index is 614. The number of fused-ring (bicyclic) bond motifs is 3. The fourth-order valence-corrected chi connectivity index (χ4v) is 2.15. The summed E-state index contributed by atoms with van der Waals surface area (Å²) in [5, 5.41) is 0. The van der Waals surface area contributed by atoms with Crippen LogP contribution in [0.4, 0.5) is 4.39 Å². The fourth-order valence-electron chi connectivity index (χ4n) is 2.15. The molecule has 0 aliphatic heterocycles. The van der Waals surface area contributed by atoms with Crippen molar-refractivity contribution in [3.63, 3.8) is 0 Å². The Kier molecular flexibility index (Phi) is 1.75. The average molecular weight is 212 g/mol. The molecular formula is C14H9FO. The van der Waals surface area contributed by atoms with Gasteiger partial charge in [-0.3, -0.25) is 4.79 Å². The number of carbonyl (C=O) groups is 1. The molecule has 0 amide bonds. The summed E-state index contributed by atoms with van der Waals surface area (Å²) in [6, 6.07) is 10.4. The first-order valence-corrected chi connectivity index (χ1v) is 5.13. The monoisotopic (exact) mass is 212 g/mol. The Balaban J connectivity index is 2.38. The van der Waals surface area contributed by atoms with E-state index in [2.05, 4.69) is 0 Å². The lowest BCUT2D eigenvalue weighted by Crippen LogP contribution is -1.96. The van der Waals surface area contributed by atoms with Crippen LogP contribution in [0.5, 0.6) is 0 Å². The molecule has 0 saturated carbocycles. The van der Waals surface area contributed by atoms with Crippen molar-refractivity contribution in [1.29, 1.82) is 0 Å². The summed E-state index contributed by atoms with van der Waals surface area (Å²) < 4.78 is 13.5. The summed E-state index contributed by atoms with van der Waals surface area (Å²) in [5.74, 6) is -0.267. The molecule has 0 unspecified atom stereocenters. The van der Waals surface area contributed by atoms with Crippen LogP contribution in [0.2, 0.25) is 0 Å². The minimum absolute atomic E-state index is 0.00583. The van der Waals surface area contributed by atoms with Crippen LogP contribution in [-0.2, 0) is 0 Å². The maximum Gasteiger partial charge on any atom is 0.194 e. The van der Waals surface area contributed by atoms with Gasteiger partial charge in [-0.25, -0.2) is 4.39 Å². The van der Waals surface area contributed by atoms with Gasteiger partial charge in [-0.15, -0.1) is 0 Å². The van der Waals surface area contributed by atoms with Crippen molar-refractivity contribution < 1.29 is 9.18 Å². The van der Waals surface area contributed by atoms with Gasteiger partial charge in [0, 0.05) is 11.1 Å². The maximum atomic E-state index is 13.5. The molecule has 0 fully saturated rings. The number of halogens is 1. The van der Waals surface area contributed by atoms with Crippen molar-refractivity contribution in [3.05, 3.63) is 58.9 Å². The summed E-state index contributed by atoms with van der Waals surface area (Å²) in [6.07, 6.45) is 0. The van der Waals surface area contributed by atoms with Crippen LogP contribution < -0.4 is 0 Å². The van der Waals surface area contributed by atoms with Gasteiger partial charge in [-0.2, -0.15) is 0 Å². The van der Waals surface area contributed by atoms with Crippen LogP contribution in [-0.4, -0.2) is 5.78 Å². The first-order chi connectivity index (χ1) is 7.68. The number of hydrogen-bond donors (Lipinski definition) is 0. The van der Waals surface area contributed by atoms with Crippen LogP contribution in [0.3, 0.4) is 0 Å². The molecule has 1 aliphatic carbocycles. The van der Waals surface area contributed by atoms with Crippen LogP contribution >= 0.6 is 0 Å². The molecule has 0 heterocycles. The molecule has 1 aliphatic rings. The number of rotatable bonds is 0. The maximum absolute atomic E-state index is 13.5. The molecule has 0 bridgehead atoms. The van der Waals surface area contributed by atoms with Gasteiger partial charge in [0.05, 0.1) is 0 Å². The molecule has 16 heavy (non-hydrogen) atoms. The first-order valence-electron chi connectivity index (χ1n) is 5.13. The van der Waals surface area contributed by atoms with E-state index in [0.717, 1.165) is 5.56 Å². The predicted molar refractivity (Wildman–Crippen MR) is 60.0 cm³/mol. The second kappa shape index (κ2) is 3.01. The Morgan fingerprint density at radius 1 is 0.938 bits per heavy atom. The lowest BCUT2D eigenvalue weighted by Gasteiger charge is -2.01. The van der Waals surface area contributed by atoms with Gasteiger partial charge in [0.2, 0.25) is 0 Å². The highest BCUT2D eigenvalue weighted by Crippen LogP contribution is 2.37. The fraction of sp³-hybridized carbons (Fsp3) is 0.0714. The normalized spacial score (nSPS) is 12.5. The Labute approximate surface area is 92.5 Å². The molecule has 0 radical (unpaired) electrons. The highest BCUT2D eigenvalue weighted by atomic mass is 19.1. The summed E-state index contributed by atoms with van der Waals surface area (Å²) >= 11 is 0. The van der Waals surface area contributed by atoms with E-state index in [4.69, 9.17) is 0 Å². The highest BCUT2D eigenvalue weighted by molar-refractivity contribution is 6.21. The molecule has 0 saturated heterocycles. The van der Waals surface area contributed by atoms with E-state index in [1.54, 1.807) is 19.1 Å². The van der Waals surface area contributed by atoms with E-state index in [1.165, 1.54) is 6.07 Å². The van der Waals surface area contributed by atoms with Crippen LogP contribution in [0, 0.1) is 12.7 Å². The zero-order valence-corrected chi connectivity index (χ0v) is 8.75. The lowest BCUT2D eigenvalue weighted by atomic mass is 10.0. The summed E-state index contributed by atoms with van der Waals surface area (Å²) in [5.41, 5.74) is 3.34. The van der Waals surface area contributed by atoms with Gasteiger partial charge < -0.3 is 0 Å². The van der Waals surface area contributed by atoms with Gasteiger partial charge in [-0.1, -0.05) is 24.3 Å². The molecule has 0 atom stereocenters. The van der Waals surface area contributed by atoms with Gasteiger partial charge >= 0.3 is 0 Å². The molecule has 1 nitrogen and oxygen atoms in total. The first kappa shape index (κ1) is 9.28. The Hall–Kier alpha value is -1.96. The summed E-state index contributed by atoms with van der Waals surface area (Å²) in [4.78, 5) is 12.0. The van der Waals surface area contributed by atoms with E-state index >= 15 is 0 Å². The van der Waals surface area contributed by atoms with Crippen molar-refractivity contribution in [2.24, 2.45) is 0 Å². The van der Waals surface area contributed by atoms with Crippen LogP contribution in [0.1, 0.15) is 21.5 Å². The van der Waals surface area contributed by atoms with Gasteiger partial charge in [0.15, 0.2) is 5.78 Å². The second-order valence-corrected chi connectivity index (χ2v) is 4.02. The quantitative estimate of drug-likeness (QED) is 0.558. The third kappa shape index (κ3) is 1.07. The topological polar surface area (TPSA) is 17.1 Å². The van der Waals surface area contributed by atoms with E-state index in [1.807, 2.05) is 18.2 Å². The van der Waals surface area contributed by atoms with Crippen molar-refractivity contribution in [1.82, 2.24) is 0 Å². The molecule has 0 N–H and O–H groups in total. The van der Waals surface area contributed by atoms with Gasteiger partial charge in [-0.05, 0) is 35.7 Å². The van der Waals surface area contributed by atoms with Crippen molar-refractivity contribution in [2.45, 2.75) is 6.92 Å². The van der Waals surface area contributed by atoms with Crippen molar-refractivity contribution >= 4 is 5.78 Å². The molecule has 2 heteroatoms. The minimum Gasteiger partial charge on any atom is -0.289 e. The number of carbonyl (C=O) groups excluding carboxylic acids is 1. The van der Waals surface area contributed by atoms with E-state index in [9.17, 15) is 9.18 Å². The Morgan fingerprint density at radius 2 is 1.62 bits per heavy atom. The molecule has 2 aromatic carbocycles. The minimum atomic E-state index is -0.261. The predicted octanol–water partition coefficient (Wildman–Crippen LogP) is 3.35. The molecular weight excluding hydrogens is 203 g/mol. The molecule has 0 aromatic heterocycles. The smallest absolute Gasteiger partial charge is 0.194 e. The second-order valence-electron chi connectivity index (χ2n) is 4.02. The highest BCUT2D eigenvalue weighted by Gasteiger charge is 2.26. The third-order valence-electron chi connectivity index (χ3n) is 3.01. The molecule has 2 aromatic rings. The molecule has 78 valence electrons. The summed E-state index contributed by atoms with van der Waals surface area (Å²) in [6.45, 7) is 1.67. The zero-order valence-electron chi connectivity index (χ0n) is 8.75. The zero-order chi connectivity index (χ0) is 11.3. The molecule has 0 spiro atoms. The van der Waals surface area contributed by atoms with E-state index in [0.29, 0.717) is 22.3 Å². The number of hydrogen-bond acceptors (Lipinski definition) is 1. The van der Waals surface area contributed by atoms with E-state index < -0.39 is 0 Å². The van der Waals surface area contributed by atoms with Crippen LogP contribution in [0.25, 0.3) is 11.1 Å². The SMILES string of the molecule is Cc1cc2c(cc1F)-c1ccccc1C2=O. The van der Waals surface area contributed by atoms with Crippen molar-refractivity contribution in [3.8, 4) is 11.1 Å². The van der Waals surface area contributed by atoms with E-state index in [-0.39, 0.29) is 11.6 Å². The number of benzene rings is 2. The van der Waals surface area contributed by atoms with Crippen molar-refractivity contribution in [2.75, 3.05) is 0 Å². The number of aryl methyl sites for hydroxylation is 1. The van der Waals surface area contributed by atoms with Gasteiger partial charge in [0.1, 0.15) is 5.82 Å². The average Bonchev–Trinajstić information content (AvgIpc) is 2.55. The molecule has 3 rings (SSSR count). The largest absolute Gasteiger partial charge is 0.289 e. The van der Waals surface area contributed by atoms with Gasteiger partial charge in [0.25, 0.3) is 0 Å².